The summed E-state index contributed by atoms with van der Waals surface area (Å²) in [5.41, 5.74) is 1.10. The highest BCUT2D eigenvalue weighted by Gasteiger charge is 2.06. The molecule has 0 atom stereocenters. The minimum Gasteiger partial charge on any atom is -0.255 e. The molecule has 2 nitrogen and oxygen atoms in total. The van der Waals surface area contributed by atoms with Crippen molar-refractivity contribution in [2.45, 2.75) is 0 Å². The third-order valence-corrected chi connectivity index (χ3v) is 2.53. The first-order valence-electron chi connectivity index (χ1n) is 3.86. The molecule has 0 aliphatic rings. The predicted octanol–water partition coefficient (Wildman–Crippen LogP) is 3.41. The number of pyridine rings is 1. The molecule has 0 unspecified atom stereocenters. The molecule has 0 bridgehead atoms. The van der Waals surface area contributed by atoms with Gasteiger partial charge in [-0.25, -0.2) is 0 Å². The summed E-state index contributed by atoms with van der Waals surface area (Å²) in [5, 5.41) is 10.4. The first-order valence-corrected chi connectivity index (χ1v) is 4.62. The molecule has 1 aromatic heterocycles. The lowest BCUT2D eigenvalue weighted by molar-refractivity contribution is 1.37. The minimum atomic E-state index is 0.362. The van der Waals surface area contributed by atoms with E-state index < -0.39 is 0 Å². The lowest BCUT2D eigenvalue weighted by Gasteiger charge is -2.01. The van der Waals surface area contributed by atoms with E-state index in [1.807, 2.05) is 6.07 Å². The smallest absolute Gasteiger partial charge is 0.102 e. The number of hydrogen-bond donors (Lipinski definition) is 0. The predicted molar refractivity (Wildman–Crippen MR) is 56.5 cm³/mol. The van der Waals surface area contributed by atoms with E-state index in [2.05, 4.69) is 4.98 Å². The van der Waals surface area contributed by atoms with Crippen LogP contribution in [0.15, 0.2) is 24.4 Å². The van der Waals surface area contributed by atoms with Crippen LogP contribution in [0.5, 0.6) is 0 Å². The molecule has 0 saturated carbocycles. The van der Waals surface area contributed by atoms with Gasteiger partial charge in [-0.15, -0.1) is 0 Å². The summed E-state index contributed by atoms with van der Waals surface area (Å²) in [5.74, 6) is 0. The van der Waals surface area contributed by atoms with E-state index >= 15 is 0 Å². The number of aromatic nitrogens is 1. The Hall–Kier alpha value is -1.30. The molecule has 0 aliphatic heterocycles. The molecule has 0 fully saturated rings. The molecule has 2 aromatic rings. The highest BCUT2D eigenvalue weighted by molar-refractivity contribution is 6.37. The van der Waals surface area contributed by atoms with Crippen LogP contribution < -0.4 is 0 Å². The maximum absolute atomic E-state index is 8.74. The van der Waals surface area contributed by atoms with Gasteiger partial charge in [0.15, 0.2) is 0 Å². The van der Waals surface area contributed by atoms with Gasteiger partial charge in [0.1, 0.15) is 6.07 Å². The van der Waals surface area contributed by atoms with Gasteiger partial charge >= 0.3 is 0 Å². The van der Waals surface area contributed by atoms with Crippen molar-refractivity contribution in [3.8, 4) is 6.07 Å². The van der Waals surface area contributed by atoms with Gasteiger partial charge in [0.25, 0.3) is 0 Å². The number of nitrogens with zero attached hydrogens (tertiary/aromatic N) is 2. The van der Waals surface area contributed by atoms with Crippen molar-refractivity contribution in [2.75, 3.05) is 0 Å². The zero-order chi connectivity index (χ0) is 10.1. The number of nitriles is 1. The van der Waals surface area contributed by atoms with Crippen LogP contribution in [0.3, 0.4) is 0 Å². The summed E-state index contributed by atoms with van der Waals surface area (Å²) in [4.78, 5) is 4.09. The topological polar surface area (TPSA) is 36.7 Å². The average Bonchev–Trinajstić information content (AvgIpc) is 2.20. The van der Waals surface area contributed by atoms with E-state index in [0.717, 1.165) is 5.52 Å². The Morgan fingerprint density at radius 3 is 2.79 bits per heavy atom. The molecule has 68 valence electrons. The molecule has 0 amide bonds. The fourth-order valence-electron chi connectivity index (χ4n) is 1.21. The molecule has 1 heterocycles. The maximum Gasteiger partial charge on any atom is 0.102 e. The standard InChI is InChI=1S/C10H4Cl2N2/c11-7-1-2-9-8(3-7)10(12)6(4-13)5-14-9/h1-3,5H. The van der Waals surface area contributed by atoms with Gasteiger partial charge in [0.2, 0.25) is 0 Å². The van der Waals surface area contributed by atoms with E-state index in [9.17, 15) is 0 Å². The lowest BCUT2D eigenvalue weighted by Crippen LogP contribution is -1.84. The molecule has 1 aromatic carbocycles. The van der Waals surface area contributed by atoms with Crippen LogP contribution in [-0.2, 0) is 0 Å². The fourth-order valence-corrected chi connectivity index (χ4v) is 1.62. The van der Waals surface area contributed by atoms with Crippen molar-refractivity contribution in [1.82, 2.24) is 4.98 Å². The van der Waals surface area contributed by atoms with Gasteiger partial charge < -0.3 is 0 Å². The SMILES string of the molecule is N#Cc1cnc2ccc(Cl)cc2c1Cl. The van der Waals surface area contributed by atoms with Crippen LogP contribution in [0.1, 0.15) is 5.56 Å². The molecule has 14 heavy (non-hydrogen) atoms. The van der Waals surface area contributed by atoms with Gasteiger partial charge in [-0.05, 0) is 18.2 Å². The molecule has 0 spiro atoms. The van der Waals surface area contributed by atoms with E-state index in [0.29, 0.717) is 21.0 Å². The van der Waals surface area contributed by atoms with Crippen LogP contribution in [0.4, 0.5) is 0 Å². The molecular weight excluding hydrogens is 219 g/mol. The van der Waals surface area contributed by atoms with Crippen molar-refractivity contribution in [3.63, 3.8) is 0 Å². The van der Waals surface area contributed by atoms with Crippen molar-refractivity contribution < 1.29 is 0 Å². The van der Waals surface area contributed by atoms with Crippen LogP contribution in [0.2, 0.25) is 10.0 Å². The summed E-state index contributed by atoms with van der Waals surface area (Å²) in [6, 6.07) is 7.17. The van der Waals surface area contributed by atoms with Crippen molar-refractivity contribution in [1.29, 1.82) is 5.26 Å². The number of fused-ring (bicyclic) bond motifs is 1. The zero-order valence-corrected chi connectivity index (χ0v) is 8.47. The van der Waals surface area contributed by atoms with E-state index in [-0.39, 0.29) is 0 Å². The van der Waals surface area contributed by atoms with Gasteiger partial charge in [0, 0.05) is 16.6 Å². The minimum absolute atomic E-state index is 0.362. The molecule has 0 aliphatic carbocycles. The Bertz CT molecular complexity index is 544. The van der Waals surface area contributed by atoms with Crippen molar-refractivity contribution in [2.24, 2.45) is 0 Å². The Balaban J connectivity index is 2.88. The van der Waals surface area contributed by atoms with Gasteiger partial charge in [-0.2, -0.15) is 5.26 Å². The summed E-state index contributed by atoms with van der Waals surface area (Å²) in [6.07, 6.45) is 1.46. The highest BCUT2D eigenvalue weighted by Crippen LogP contribution is 2.27. The highest BCUT2D eigenvalue weighted by atomic mass is 35.5. The second kappa shape index (κ2) is 3.45. The van der Waals surface area contributed by atoms with E-state index in [1.165, 1.54) is 6.20 Å². The third-order valence-electron chi connectivity index (χ3n) is 1.88. The third kappa shape index (κ3) is 1.41. The molecular formula is C10H4Cl2N2. The monoisotopic (exact) mass is 222 g/mol. The second-order valence-electron chi connectivity index (χ2n) is 2.76. The van der Waals surface area contributed by atoms with Crippen LogP contribution in [-0.4, -0.2) is 4.98 Å². The number of benzene rings is 1. The number of rotatable bonds is 0. The molecule has 0 saturated heterocycles. The van der Waals surface area contributed by atoms with E-state index in [4.69, 9.17) is 28.5 Å². The molecule has 0 N–H and O–H groups in total. The van der Waals surface area contributed by atoms with Crippen LogP contribution in [0, 0.1) is 11.3 Å². The first-order chi connectivity index (χ1) is 6.72. The summed E-state index contributed by atoms with van der Waals surface area (Å²) >= 11 is 11.8. The fraction of sp³-hybridized carbons (Fsp3) is 0. The van der Waals surface area contributed by atoms with Crippen molar-refractivity contribution >= 4 is 34.1 Å². The van der Waals surface area contributed by atoms with Crippen LogP contribution >= 0.6 is 23.2 Å². The molecule has 2 rings (SSSR count). The van der Waals surface area contributed by atoms with Gasteiger partial charge in [0.05, 0.1) is 16.1 Å². The lowest BCUT2D eigenvalue weighted by atomic mass is 10.2. The Labute approximate surface area is 90.7 Å². The largest absolute Gasteiger partial charge is 0.255 e. The Kier molecular flexibility index (Phi) is 2.28. The molecule has 4 heteroatoms. The molecule has 0 radical (unpaired) electrons. The quantitative estimate of drug-likeness (QED) is 0.686. The maximum atomic E-state index is 8.74. The Morgan fingerprint density at radius 1 is 1.29 bits per heavy atom. The Morgan fingerprint density at radius 2 is 2.07 bits per heavy atom. The van der Waals surface area contributed by atoms with Crippen LogP contribution in [0.25, 0.3) is 10.9 Å². The number of hydrogen-bond acceptors (Lipinski definition) is 2. The van der Waals surface area contributed by atoms with Crippen molar-refractivity contribution in [3.05, 3.63) is 40.0 Å². The van der Waals surface area contributed by atoms with E-state index in [1.54, 1.807) is 18.2 Å². The zero-order valence-electron chi connectivity index (χ0n) is 6.96. The average molecular weight is 223 g/mol. The first kappa shape index (κ1) is 9.26. The second-order valence-corrected chi connectivity index (χ2v) is 3.57. The number of halogens is 2. The summed E-state index contributed by atoms with van der Waals surface area (Å²) < 4.78 is 0. The normalized spacial score (nSPS) is 10.1. The summed E-state index contributed by atoms with van der Waals surface area (Å²) in [6.45, 7) is 0. The van der Waals surface area contributed by atoms with Gasteiger partial charge in [-0.1, -0.05) is 23.2 Å². The summed E-state index contributed by atoms with van der Waals surface area (Å²) in [7, 11) is 0. The van der Waals surface area contributed by atoms with Gasteiger partial charge in [-0.3, -0.25) is 4.98 Å².